The van der Waals surface area contributed by atoms with E-state index in [-0.39, 0.29) is 0 Å². The zero-order chi connectivity index (χ0) is 9.84. The number of nitrogens with zero attached hydrogens (tertiary/aromatic N) is 1. The standard InChI is InChI=1S/C10H22N2O/c1-8-7-12(5-6-13-8)10(3)9(2)11-4/h8-11H,5-7H2,1-4H3. The molecule has 1 fully saturated rings. The summed E-state index contributed by atoms with van der Waals surface area (Å²) in [6.07, 6.45) is 0.389. The highest BCUT2D eigenvalue weighted by Gasteiger charge is 2.23. The van der Waals surface area contributed by atoms with Crippen LogP contribution in [-0.2, 0) is 4.74 Å². The summed E-state index contributed by atoms with van der Waals surface area (Å²) in [4.78, 5) is 2.50. The Kier molecular flexibility index (Phi) is 4.16. The minimum Gasteiger partial charge on any atom is -0.376 e. The lowest BCUT2D eigenvalue weighted by Crippen LogP contribution is -2.52. The quantitative estimate of drug-likeness (QED) is 0.702. The molecule has 3 atom stereocenters. The molecule has 1 saturated heterocycles. The van der Waals surface area contributed by atoms with Crippen molar-refractivity contribution in [2.75, 3.05) is 26.7 Å². The molecule has 13 heavy (non-hydrogen) atoms. The summed E-state index contributed by atoms with van der Waals surface area (Å²) in [6.45, 7) is 9.65. The molecular formula is C10H22N2O. The number of hydrogen-bond acceptors (Lipinski definition) is 3. The summed E-state index contributed by atoms with van der Waals surface area (Å²) < 4.78 is 5.51. The van der Waals surface area contributed by atoms with Crippen molar-refractivity contribution in [2.45, 2.75) is 39.0 Å². The zero-order valence-corrected chi connectivity index (χ0v) is 9.21. The van der Waals surface area contributed by atoms with Gasteiger partial charge in [-0.1, -0.05) is 0 Å². The molecular weight excluding hydrogens is 164 g/mol. The van der Waals surface area contributed by atoms with Gasteiger partial charge in [-0.2, -0.15) is 0 Å². The van der Waals surface area contributed by atoms with Crippen molar-refractivity contribution in [1.82, 2.24) is 10.2 Å². The third-order valence-corrected chi connectivity index (χ3v) is 3.03. The summed E-state index contributed by atoms with van der Waals surface area (Å²) >= 11 is 0. The molecule has 0 spiro atoms. The van der Waals surface area contributed by atoms with E-state index in [1.54, 1.807) is 0 Å². The van der Waals surface area contributed by atoms with Crippen molar-refractivity contribution >= 4 is 0 Å². The second-order valence-corrected chi connectivity index (χ2v) is 3.99. The molecule has 1 rings (SSSR count). The summed E-state index contributed by atoms with van der Waals surface area (Å²) in [5, 5.41) is 3.29. The number of morpholine rings is 1. The van der Waals surface area contributed by atoms with Crippen LogP contribution in [0.15, 0.2) is 0 Å². The largest absolute Gasteiger partial charge is 0.376 e. The van der Waals surface area contributed by atoms with E-state index in [0.29, 0.717) is 18.2 Å². The molecule has 0 aromatic carbocycles. The molecule has 0 aromatic rings. The number of hydrogen-bond donors (Lipinski definition) is 1. The Labute approximate surface area is 81.4 Å². The van der Waals surface area contributed by atoms with Crippen molar-refractivity contribution in [3.63, 3.8) is 0 Å². The van der Waals surface area contributed by atoms with Crippen molar-refractivity contribution in [2.24, 2.45) is 0 Å². The van der Waals surface area contributed by atoms with Gasteiger partial charge in [0.2, 0.25) is 0 Å². The highest BCUT2D eigenvalue weighted by Crippen LogP contribution is 2.10. The summed E-state index contributed by atoms with van der Waals surface area (Å²) in [6, 6.07) is 1.14. The second kappa shape index (κ2) is 4.94. The van der Waals surface area contributed by atoms with Crippen molar-refractivity contribution < 1.29 is 4.74 Å². The summed E-state index contributed by atoms with van der Waals surface area (Å²) in [5.41, 5.74) is 0. The van der Waals surface area contributed by atoms with Gasteiger partial charge in [0, 0.05) is 25.2 Å². The molecule has 3 nitrogen and oxygen atoms in total. The van der Waals surface area contributed by atoms with Crippen LogP contribution < -0.4 is 5.32 Å². The summed E-state index contributed by atoms with van der Waals surface area (Å²) in [5.74, 6) is 0. The highest BCUT2D eigenvalue weighted by atomic mass is 16.5. The van der Waals surface area contributed by atoms with Crippen molar-refractivity contribution in [3.8, 4) is 0 Å². The van der Waals surface area contributed by atoms with Crippen LogP contribution in [0.2, 0.25) is 0 Å². The third kappa shape index (κ3) is 2.93. The molecule has 3 heteroatoms. The van der Waals surface area contributed by atoms with E-state index in [2.05, 4.69) is 31.0 Å². The average Bonchev–Trinajstić information content (AvgIpc) is 2.15. The van der Waals surface area contributed by atoms with E-state index in [9.17, 15) is 0 Å². The minimum atomic E-state index is 0.389. The molecule has 78 valence electrons. The van der Waals surface area contributed by atoms with Crippen LogP contribution in [0.1, 0.15) is 20.8 Å². The third-order valence-electron chi connectivity index (χ3n) is 3.03. The molecule has 3 unspecified atom stereocenters. The molecule has 0 amide bonds. The maximum Gasteiger partial charge on any atom is 0.0674 e. The first-order valence-corrected chi connectivity index (χ1v) is 5.18. The topological polar surface area (TPSA) is 24.5 Å². The first-order valence-electron chi connectivity index (χ1n) is 5.18. The van der Waals surface area contributed by atoms with E-state index >= 15 is 0 Å². The Balaban J connectivity index is 2.41. The van der Waals surface area contributed by atoms with Gasteiger partial charge in [-0.25, -0.2) is 0 Å². The van der Waals surface area contributed by atoms with Gasteiger partial charge < -0.3 is 10.1 Å². The molecule has 1 aliphatic rings. The Bertz CT molecular complexity index is 152. The molecule has 0 aromatic heterocycles. The van der Waals surface area contributed by atoms with Crippen LogP contribution in [0.3, 0.4) is 0 Å². The first kappa shape index (κ1) is 11.0. The predicted molar refractivity (Wildman–Crippen MR) is 55.0 cm³/mol. The fourth-order valence-electron chi connectivity index (χ4n) is 1.77. The van der Waals surface area contributed by atoms with E-state index in [1.165, 1.54) is 0 Å². The van der Waals surface area contributed by atoms with Crippen LogP contribution in [0.5, 0.6) is 0 Å². The second-order valence-electron chi connectivity index (χ2n) is 3.99. The lowest BCUT2D eigenvalue weighted by atomic mass is 10.1. The Hall–Kier alpha value is -0.120. The Morgan fingerprint density at radius 2 is 2.15 bits per heavy atom. The lowest BCUT2D eigenvalue weighted by molar-refractivity contribution is -0.0354. The monoisotopic (exact) mass is 186 g/mol. The lowest BCUT2D eigenvalue weighted by Gasteiger charge is -2.38. The fraction of sp³-hybridized carbons (Fsp3) is 1.00. The van der Waals surface area contributed by atoms with E-state index in [4.69, 9.17) is 4.74 Å². The highest BCUT2D eigenvalue weighted by molar-refractivity contribution is 4.80. The SMILES string of the molecule is CNC(C)C(C)N1CCOC(C)C1. The molecule has 1 N–H and O–H groups in total. The molecule has 0 saturated carbocycles. The number of nitrogens with one attached hydrogen (secondary N) is 1. The number of likely N-dealkylation sites (N-methyl/N-ethyl adjacent to an activating group) is 1. The van der Waals surface area contributed by atoms with Crippen LogP contribution in [0.4, 0.5) is 0 Å². The smallest absolute Gasteiger partial charge is 0.0674 e. The Morgan fingerprint density at radius 1 is 1.46 bits per heavy atom. The van der Waals surface area contributed by atoms with Gasteiger partial charge in [0.05, 0.1) is 12.7 Å². The van der Waals surface area contributed by atoms with Crippen molar-refractivity contribution in [3.05, 3.63) is 0 Å². The number of rotatable bonds is 3. The molecule has 0 bridgehead atoms. The predicted octanol–water partition coefficient (Wildman–Crippen LogP) is 0.703. The molecule has 0 aliphatic carbocycles. The van der Waals surface area contributed by atoms with Crippen LogP contribution in [0.25, 0.3) is 0 Å². The molecule has 1 heterocycles. The average molecular weight is 186 g/mol. The normalized spacial score (nSPS) is 30.0. The van der Waals surface area contributed by atoms with Crippen LogP contribution in [0, 0.1) is 0 Å². The molecule has 0 radical (unpaired) electrons. The van der Waals surface area contributed by atoms with Crippen molar-refractivity contribution in [1.29, 1.82) is 0 Å². The van der Waals surface area contributed by atoms with Gasteiger partial charge in [-0.15, -0.1) is 0 Å². The van der Waals surface area contributed by atoms with E-state index in [1.807, 2.05) is 7.05 Å². The van der Waals surface area contributed by atoms with Gasteiger partial charge >= 0.3 is 0 Å². The van der Waals surface area contributed by atoms with E-state index < -0.39 is 0 Å². The Morgan fingerprint density at radius 3 is 2.69 bits per heavy atom. The number of ether oxygens (including phenoxy) is 1. The maximum absolute atomic E-state index is 5.51. The molecule has 1 aliphatic heterocycles. The van der Waals surface area contributed by atoms with Gasteiger partial charge in [0.25, 0.3) is 0 Å². The van der Waals surface area contributed by atoms with Crippen LogP contribution >= 0.6 is 0 Å². The van der Waals surface area contributed by atoms with Gasteiger partial charge in [-0.05, 0) is 27.8 Å². The summed E-state index contributed by atoms with van der Waals surface area (Å²) in [7, 11) is 2.02. The van der Waals surface area contributed by atoms with E-state index in [0.717, 1.165) is 19.7 Å². The van der Waals surface area contributed by atoms with Gasteiger partial charge in [0.1, 0.15) is 0 Å². The van der Waals surface area contributed by atoms with Crippen LogP contribution in [-0.4, -0.2) is 49.8 Å². The zero-order valence-electron chi connectivity index (χ0n) is 9.21. The maximum atomic E-state index is 5.51. The van der Waals surface area contributed by atoms with Gasteiger partial charge in [-0.3, -0.25) is 4.90 Å². The first-order chi connectivity index (χ1) is 6.15. The minimum absolute atomic E-state index is 0.389. The fourth-order valence-corrected chi connectivity index (χ4v) is 1.77. The van der Waals surface area contributed by atoms with Gasteiger partial charge in [0.15, 0.2) is 0 Å².